The van der Waals surface area contributed by atoms with E-state index in [0.717, 1.165) is 82.4 Å². The quantitative estimate of drug-likeness (QED) is 0.0807. The van der Waals surface area contributed by atoms with Gasteiger partial charge in [0.15, 0.2) is 5.78 Å². The predicted octanol–water partition coefficient (Wildman–Crippen LogP) is 9.73. The first kappa shape index (κ1) is 33.5. The maximum Gasteiger partial charge on any atom is 0.160 e. The molecule has 0 bridgehead atoms. The SMILES string of the molecule is C\C=C/C=C(C(C)=O)/C(C)=C(\c1ccc(-c2ccccc2)cc1)c1cc(C(=P)CCCN(CCC)c2cnccn2)ccc1C. The van der Waals surface area contributed by atoms with Crippen LogP contribution in [0.4, 0.5) is 5.82 Å². The predicted molar refractivity (Wildman–Crippen MR) is 195 cm³/mol. The Morgan fingerprint density at radius 2 is 1.62 bits per heavy atom. The number of carbonyl (C=O) groups excluding carboxylic acids is 1. The first-order valence-electron chi connectivity index (χ1n) is 15.7. The molecule has 0 aliphatic rings. The molecule has 0 N–H and O–H groups in total. The molecule has 0 spiro atoms. The second-order valence-corrected chi connectivity index (χ2v) is 11.9. The molecule has 4 rings (SSSR count). The number of hydrogen-bond acceptors (Lipinski definition) is 4. The zero-order chi connectivity index (χ0) is 32.2. The second kappa shape index (κ2) is 16.6. The second-order valence-electron chi connectivity index (χ2n) is 11.3. The monoisotopic (exact) mass is 613 g/mol. The number of carbonyl (C=O) groups is 1. The van der Waals surface area contributed by atoms with E-state index in [0.29, 0.717) is 5.57 Å². The Morgan fingerprint density at radius 1 is 0.911 bits per heavy atom. The summed E-state index contributed by atoms with van der Waals surface area (Å²) < 4.78 is 0. The van der Waals surface area contributed by atoms with Gasteiger partial charge in [-0.3, -0.25) is 9.78 Å². The average molecular weight is 614 g/mol. The third-order valence-electron chi connectivity index (χ3n) is 7.97. The van der Waals surface area contributed by atoms with Crippen LogP contribution in [0.2, 0.25) is 0 Å². The molecule has 0 unspecified atom stereocenters. The number of rotatable bonds is 14. The van der Waals surface area contributed by atoms with Gasteiger partial charge in [0, 0.05) is 31.1 Å². The number of benzene rings is 3. The number of aromatic nitrogens is 2. The molecule has 0 radical (unpaired) electrons. The highest BCUT2D eigenvalue weighted by atomic mass is 31.0. The zero-order valence-corrected chi connectivity index (χ0v) is 28.2. The van der Waals surface area contributed by atoms with Gasteiger partial charge in [-0.1, -0.05) is 91.9 Å². The van der Waals surface area contributed by atoms with E-state index < -0.39 is 0 Å². The first-order chi connectivity index (χ1) is 21.8. The van der Waals surface area contributed by atoms with Gasteiger partial charge in [0.05, 0.1) is 6.20 Å². The van der Waals surface area contributed by atoms with Gasteiger partial charge in [0.25, 0.3) is 0 Å². The fourth-order valence-electron chi connectivity index (χ4n) is 5.60. The Hall–Kier alpha value is -4.40. The van der Waals surface area contributed by atoms with Gasteiger partial charge in [0.1, 0.15) is 5.82 Å². The van der Waals surface area contributed by atoms with Gasteiger partial charge in [0.2, 0.25) is 0 Å². The Kier molecular flexibility index (Phi) is 12.4. The lowest BCUT2D eigenvalue weighted by molar-refractivity contribution is -0.113. The molecule has 1 heterocycles. The van der Waals surface area contributed by atoms with Crippen LogP contribution in [0.15, 0.2) is 121 Å². The fraction of sp³-hybridized carbons (Fsp3) is 0.250. The van der Waals surface area contributed by atoms with Gasteiger partial charge >= 0.3 is 0 Å². The lowest BCUT2D eigenvalue weighted by atomic mass is 9.85. The highest BCUT2D eigenvalue weighted by Crippen LogP contribution is 2.35. The van der Waals surface area contributed by atoms with Crippen LogP contribution in [0.25, 0.3) is 16.7 Å². The number of allylic oxidation sites excluding steroid dienone is 5. The van der Waals surface area contributed by atoms with Crippen molar-refractivity contribution in [3.05, 3.63) is 143 Å². The van der Waals surface area contributed by atoms with Crippen LogP contribution < -0.4 is 4.90 Å². The molecule has 0 aliphatic carbocycles. The molecule has 0 saturated carbocycles. The van der Waals surface area contributed by atoms with Crippen LogP contribution >= 0.6 is 8.86 Å². The average Bonchev–Trinajstić information content (AvgIpc) is 3.06. The minimum Gasteiger partial charge on any atom is -0.355 e. The molecule has 45 heavy (non-hydrogen) atoms. The minimum absolute atomic E-state index is 0.0462. The van der Waals surface area contributed by atoms with Crippen LogP contribution in [-0.4, -0.2) is 34.1 Å². The standard InChI is InChI=1S/C40H44N3OP/c1-6-8-15-36(31(5)44)30(4)40(34-21-19-33(20-22-34)32-13-10-9-11-14-32)37-27-35(18-17-29(37)3)38(45)16-12-26-43(25-7-2)39-28-41-23-24-42-39/h6,8-11,13-15,17-24,27-28,45H,7,12,16,25-26H2,1-5H3/b8-6-,36-15-,40-30+. The van der Waals surface area contributed by atoms with Crippen molar-refractivity contribution < 1.29 is 4.79 Å². The summed E-state index contributed by atoms with van der Waals surface area (Å²) in [5, 5.41) is 1.15. The molecule has 0 aliphatic heterocycles. The van der Waals surface area contributed by atoms with Crippen molar-refractivity contribution in [3.63, 3.8) is 0 Å². The molecule has 0 fully saturated rings. The third-order valence-corrected chi connectivity index (χ3v) is 8.51. The Bertz CT molecular complexity index is 1690. The molecule has 3 aromatic carbocycles. The van der Waals surface area contributed by atoms with E-state index in [2.05, 4.69) is 111 Å². The van der Waals surface area contributed by atoms with Crippen LogP contribution in [0.1, 0.15) is 69.2 Å². The number of Topliss-reactive ketones (excluding diaryl/α,β-unsaturated/α-hetero) is 1. The minimum atomic E-state index is 0.0462. The Labute approximate surface area is 271 Å². The van der Waals surface area contributed by atoms with Crippen molar-refractivity contribution in [2.75, 3.05) is 18.0 Å². The van der Waals surface area contributed by atoms with Crippen molar-refractivity contribution >= 4 is 31.3 Å². The molecule has 0 amide bonds. The Morgan fingerprint density at radius 3 is 2.27 bits per heavy atom. The summed E-state index contributed by atoms with van der Waals surface area (Å²) in [7, 11) is 4.00. The van der Waals surface area contributed by atoms with Crippen LogP contribution in [0, 0.1) is 6.92 Å². The summed E-state index contributed by atoms with van der Waals surface area (Å²) >= 11 is 0. The number of ketones is 1. The van der Waals surface area contributed by atoms with Crippen molar-refractivity contribution in [1.82, 2.24) is 9.97 Å². The fourth-order valence-corrected chi connectivity index (χ4v) is 5.94. The normalized spacial score (nSPS) is 12.2. The highest BCUT2D eigenvalue weighted by molar-refractivity contribution is 7.22. The number of anilines is 1. The van der Waals surface area contributed by atoms with E-state index in [1.165, 1.54) is 5.56 Å². The van der Waals surface area contributed by atoms with Crippen molar-refractivity contribution in [2.45, 2.75) is 53.9 Å². The molecular weight excluding hydrogens is 569 g/mol. The lowest BCUT2D eigenvalue weighted by Gasteiger charge is -2.23. The van der Waals surface area contributed by atoms with E-state index >= 15 is 0 Å². The summed E-state index contributed by atoms with van der Waals surface area (Å²) in [5.41, 5.74) is 9.57. The topological polar surface area (TPSA) is 46.1 Å². The summed E-state index contributed by atoms with van der Waals surface area (Å²) in [6.45, 7) is 11.8. The molecule has 0 atom stereocenters. The zero-order valence-electron chi connectivity index (χ0n) is 27.2. The molecule has 5 heteroatoms. The van der Waals surface area contributed by atoms with Gasteiger partial charge in [-0.05, 0) is 103 Å². The first-order valence-corrected chi connectivity index (χ1v) is 16.2. The van der Waals surface area contributed by atoms with Crippen LogP contribution in [0.3, 0.4) is 0 Å². The summed E-state index contributed by atoms with van der Waals surface area (Å²) in [5.74, 6) is 0.966. The van der Waals surface area contributed by atoms with E-state index in [9.17, 15) is 4.79 Å². The van der Waals surface area contributed by atoms with Crippen LogP contribution in [-0.2, 0) is 4.79 Å². The van der Waals surface area contributed by atoms with Crippen molar-refractivity contribution in [2.24, 2.45) is 0 Å². The maximum absolute atomic E-state index is 12.9. The molecule has 0 saturated heterocycles. The van der Waals surface area contributed by atoms with Crippen molar-refractivity contribution in [1.29, 1.82) is 0 Å². The summed E-state index contributed by atoms with van der Waals surface area (Å²) in [4.78, 5) is 24.0. The van der Waals surface area contributed by atoms with E-state index in [1.54, 1.807) is 19.3 Å². The number of nitrogens with zero attached hydrogens (tertiary/aromatic N) is 3. The van der Waals surface area contributed by atoms with E-state index in [1.807, 2.05) is 37.4 Å². The van der Waals surface area contributed by atoms with E-state index in [4.69, 9.17) is 0 Å². The smallest absolute Gasteiger partial charge is 0.160 e. The van der Waals surface area contributed by atoms with Gasteiger partial charge in [-0.25, -0.2) is 4.98 Å². The summed E-state index contributed by atoms with van der Waals surface area (Å²) in [6, 6.07) is 25.7. The molecule has 4 nitrogen and oxygen atoms in total. The molecule has 4 aromatic rings. The molecular formula is C40H44N3OP. The summed E-state index contributed by atoms with van der Waals surface area (Å²) in [6.07, 6.45) is 14.0. The van der Waals surface area contributed by atoms with E-state index in [-0.39, 0.29) is 5.78 Å². The van der Waals surface area contributed by atoms with Crippen molar-refractivity contribution in [3.8, 4) is 11.1 Å². The third kappa shape index (κ3) is 8.84. The largest absolute Gasteiger partial charge is 0.355 e. The highest BCUT2D eigenvalue weighted by Gasteiger charge is 2.18. The Balaban J connectivity index is 1.70. The maximum atomic E-state index is 12.9. The van der Waals surface area contributed by atoms with Crippen LogP contribution in [0.5, 0.6) is 0 Å². The van der Waals surface area contributed by atoms with Gasteiger partial charge < -0.3 is 4.90 Å². The number of hydrogen-bond donors (Lipinski definition) is 0. The lowest BCUT2D eigenvalue weighted by Crippen LogP contribution is -2.26. The molecule has 1 aromatic heterocycles. The number of aryl methyl sites for hydroxylation is 1. The molecule has 230 valence electrons. The van der Waals surface area contributed by atoms with Gasteiger partial charge in [-0.15, -0.1) is 8.86 Å². The van der Waals surface area contributed by atoms with Gasteiger partial charge in [-0.2, -0.15) is 0 Å².